The van der Waals surface area contributed by atoms with Crippen LogP contribution in [0.15, 0.2) is 52.3 Å². The number of aryl methyl sites for hydroxylation is 1. The van der Waals surface area contributed by atoms with Crippen LogP contribution in [0.5, 0.6) is 0 Å². The summed E-state index contributed by atoms with van der Waals surface area (Å²) in [5.41, 5.74) is 0.974. The predicted octanol–water partition coefficient (Wildman–Crippen LogP) is 4.78. The van der Waals surface area contributed by atoms with Gasteiger partial charge in [-0.2, -0.15) is 0 Å². The maximum absolute atomic E-state index is 5.99. The van der Waals surface area contributed by atoms with Gasteiger partial charge in [-0.3, -0.25) is 0 Å². The lowest BCUT2D eigenvalue weighted by molar-refractivity contribution is 0.418. The third kappa shape index (κ3) is 2.94. The lowest BCUT2D eigenvalue weighted by Crippen LogP contribution is -2.20. The minimum absolute atomic E-state index is 0.287. The molecule has 20 heavy (non-hydrogen) atoms. The molecule has 1 unspecified atom stereocenters. The molecule has 1 N–H and O–H groups in total. The normalized spacial score (nSPS) is 12.8. The Morgan fingerprint density at radius 1 is 1.20 bits per heavy atom. The van der Waals surface area contributed by atoms with E-state index in [2.05, 4.69) is 48.0 Å². The van der Waals surface area contributed by atoms with Crippen LogP contribution in [0.25, 0.3) is 11.0 Å². The molecule has 0 aliphatic heterocycles. The molecule has 104 valence electrons. The molecular weight excluding hydrogens is 266 g/mol. The minimum atomic E-state index is 0.287. The topological polar surface area (TPSA) is 25.2 Å². The van der Waals surface area contributed by atoms with Crippen molar-refractivity contribution in [3.63, 3.8) is 0 Å². The number of benzene rings is 1. The average Bonchev–Trinajstić information content (AvgIpc) is 3.12. The average molecular weight is 285 g/mol. The highest BCUT2D eigenvalue weighted by molar-refractivity contribution is 7.09. The van der Waals surface area contributed by atoms with Crippen LogP contribution in [0.3, 0.4) is 0 Å². The summed E-state index contributed by atoms with van der Waals surface area (Å²) in [5, 5.41) is 6.85. The molecule has 0 saturated heterocycles. The lowest BCUT2D eigenvalue weighted by Gasteiger charge is -2.14. The first kappa shape index (κ1) is 13.4. The largest absolute Gasteiger partial charge is 0.459 e. The molecule has 0 aliphatic rings. The summed E-state index contributed by atoms with van der Waals surface area (Å²) in [5.74, 6) is 1.05. The van der Waals surface area contributed by atoms with E-state index in [1.165, 1.54) is 10.3 Å². The van der Waals surface area contributed by atoms with Gasteiger partial charge >= 0.3 is 0 Å². The van der Waals surface area contributed by atoms with Crippen molar-refractivity contribution in [1.82, 2.24) is 5.32 Å². The van der Waals surface area contributed by atoms with Crippen molar-refractivity contribution < 1.29 is 4.42 Å². The quantitative estimate of drug-likeness (QED) is 0.705. The number of nitrogens with one attached hydrogen (secondary N) is 1. The number of fused-ring (bicyclic) bond motifs is 1. The fourth-order valence-electron chi connectivity index (χ4n) is 2.51. The zero-order valence-electron chi connectivity index (χ0n) is 11.6. The molecule has 1 aromatic carbocycles. The lowest BCUT2D eigenvalue weighted by atomic mass is 10.1. The van der Waals surface area contributed by atoms with Gasteiger partial charge in [-0.15, -0.1) is 11.3 Å². The van der Waals surface area contributed by atoms with E-state index < -0.39 is 0 Å². The van der Waals surface area contributed by atoms with Crippen molar-refractivity contribution in [2.45, 2.75) is 25.8 Å². The van der Waals surface area contributed by atoms with Gasteiger partial charge in [0, 0.05) is 10.3 Å². The van der Waals surface area contributed by atoms with Gasteiger partial charge in [-0.1, -0.05) is 31.2 Å². The molecule has 1 atom stereocenters. The highest BCUT2D eigenvalue weighted by atomic mass is 32.1. The Hall–Kier alpha value is -1.58. The van der Waals surface area contributed by atoms with Crippen molar-refractivity contribution in [2.75, 3.05) is 6.54 Å². The summed E-state index contributed by atoms with van der Waals surface area (Å²) in [6, 6.07) is 15.0. The predicted molar refractivity (Wildman–Crippen MR) is 85.3 cm³/mol. The molecule has 0 bridgehead atoms. The number of hydrogen-bond donors (Lipinski definition) is 1. The van der Waals surface area contributed by atoms with Crippen LogP contribution < -0.4 is 5.32 Å². The fraction of sp³-hybridized carbons (Fsp3) is 0.294. The molecule has 0 amide bonds. The van der Waals surface area contributed by atoms with Crippen LogP contribution in [0.1, 0.15) is 30.0 Å². The maximum atomic E-state index is 5.99. The van der Waals surface area contributed by atoms with E-state index in [0.717, 1.165) is 30.7 Å². The van der Waals surface area contributed by atoms with Crippen molar-refractivity contribution >= 4 is 22.3 Å². The van der Waals surface area contributed by atoms with Crippen molar-refractivity contribution in [3.8, 4) is 0 Å². The number of furan rings is 1. The third-order valence-electron chi connectivity index (χ3n) is 3.50. The molecule has 0 spiro atoms. The van der Waals surface area contributed by atoms with Gasteiger partial charge in [0.15, 0.2) is 0 Å². The van der Waals surface area contributed by atoms with Crippen LogP contribution in [-0.4, -0.2) is 6.54 Å². The van der Waals surface area contributed by atoms with Gasteiger partial charge in [0.25, 0.3) is 0 Å². The summed E-state index contributed by atoms with van der Waals surface area (Å²) in [6.45, 7) is 3.09. The first-order chi connectivity index (χ1) is 9.86. The first-order valence-electron chi connectivity index (χ1n) is 7.11. The van der Waals surface area contributed by atoms with E-state index in [9.17, 15) is 0 Å². The van der Waals surface area contributed by atoms with Gasteiger partial charge in [-0.25, -0.2) is 0 Å². The minimum Gasteiger partial charge on any atom is -0.459 e. The maximum Gasteiger partial charge on any atom is 0.134 e. The molecule has 2 nitrogen and oxygen atoms in total. The van der Waals surface area contributed by atoms with E-state index >= 15 is 0 Å². The second kappa shape index (κ2) is 6.25. The number of para-hydroxylation sites is 1. The Balaban J connectivity index is 1.78. The highest BCUT2D eigenvalue weighted by Gasteiger charge is 2.15. The Bertz CT molecular complexity index is 624. The van der Waals surface area contributed by atoms with Gasteiger partial charge in [0.05, 0.1) is 6.04 Å². The van der Waals surface area contributed by atoms with E-state index in [1.54, 1.807) is 0 Å². The fourth-order valence-corrected chi connectivity index (χ4v) is 3.23. The van der Waals surface area contributed by atoms with Crippen molar-refractivity contribution in [2.24, 2.45) is 0 Å². The Morgan fingerprint density at radius 2 is 2.10 bits per heavy atom. The van der Waals surface area contributed by atoms with Crippen LogP contribution in [0.4, 0.5) is 0 Å². The van der Waals surface area contributed by atoms with Crippen LogP contribution in [0.2, 0.25) is 0 Å². The smallest absolute Gasteiger partial charge is 0.134 e. The second-order valence-corrected chi connectivity index (χ2v) is 5.95. The molecule has 3 rings (SSSR count). The summed E-state index contributed by atoms with van der Waals surface area (Å²) in [7, 11) is 0. The summed E-state index contributed by atoms with van der Waals surface area (Å²) < 4.78 is 5.99. The molecule has 3 heteroatoms. The zero-order valence-corrected chi connectivity index (χ0v) is 12.5. The summed E-state index contributed by atoms with van der Waals surface area (Å²) in [4.78, 5) is 1.43. The standard InChI is InChI=1S/C17H19NOS/c1-2-18-15(10-9-14-7-5-11-20-14)17-12-13-6-3-4-8-16(13)19-17/h3-8,11-12,15,18H,2,9-10H2,1H3. The Morgan fingerprint density at radius 3 is 2.85 bits per heavy atom. The second-order valence-electron chi connectivity index (χ2n) is 4.91. The number of hydrogen-bond acceptors (Lipinski definition) is 3. The van der Waals surface area contributed by atoms with E-state index in [1.807, 2.05) is 23.5 Å². The highest BCUT2D eigenvalue weighted by Crippen LogP contribution is 2.27. The third-order valence-corrected chi connectivity index (χ3v) is 4.43. The molecule has 3 aromatic rings. The number of rotatable bonds is 6. The van der Waals surface area contributed by atoms with Crippen molar-refractivity contribution in [3.05, 3.63) is 58.5 Å². The van der Waals surface area contributed by atoms with Gasteiger partial charge in [0.1, 0.15) is 11.3 Å². The molecular formula is C17H19NOS. The molecule has 0 radical (unpaired) electrons. The SMILES string of the molecule is CCNC(CCc1cccs1)c1cc2ccccc2o1. The van der Waals surface area contributed by atoms with E-state index in [0.29, 0.717) is 0 Å². The number of thiophene rings is 1. The van der Waals surface area contributed by atoms with E-state index in [4.69, 9.17) is 4.42 Å². The first-order valence-corrected chi connectivity index (χ1v) is 7.99. The van der Waals surface area contributed by atoms with Crippen LogP contribution >= 0.6 is 11.3 Å². The van der Waals surface area contributed by atoms with Crippen LogP contribution in [-0.2, 0) is 6.42 Å². The van der Waals surface area contributed by atoms with Gasteiger partial charge < -0.3 is 9.73 Å². The molecule has 0 fully saturated rings. The van der Waals surface area contributed by atoms with Gasteiger partial charge in [0.2, 0.25) is 0 Å². The van der Waals surface area contributed by atoms with Crippen LogP contribution in [0, 0.1) is 0 Å². The Kier molecular flexibility index (Phi) is 4.19. The molecule has 0 aliphatic carbocycles. The molecule has 2 heterocycles. The van der Waals surface area contributed by atoms with E-state index in [-0.39, 0.29) is 6.04 Å². The molecule has 2 aromatic heterocycles. The summed E-state index contributed by atoms with van der Waals surface area (Å²) in [6.07, 6.45) is 2.15. The monoisotopic (exact) mass is 285 g/mol. The summed E-state index contributed by atoms with van der Waals surface area (Å²) >= 11 is 1.82. The molecule has 0 saturated carbocycles. The van der Waals surface area contributed by atoms with Gasteiger partial charge in [-0.05, 0) is 43.0 Å². The van der Waals surface area contributed by atoms with Crippen molar-refractivity contribution in [1.29, 1.82) is 0 Å². The zero-order chi connectivity index (χ0) is 13.8. The Labute approximate surface area is 123 Å².